The number of anilines is 1. The van der Waals surface area contributed by atoms with Gasteiger partial charge in [0.05, 0.1) is 18.0 Å². The summed E-state index contributed by atoms with van der Waals surface area (Å²) in [6.07, 6.45) is 2.58. The minimum atomic E-state index is -0.136. The molecule has 1 amide bonds. The minimum absolute atomic E-state index is 0.0193. The molecule has 7 nitrogen and oxygen atoms in total. The molecule has 1 saturated carbocycles. The van der Waals surface area contributed by atoms with E-state index in [0.717, 1.165) is 12.8 Å². The molecule has 4 aromatic rings. The molecule has 1 aliphatic carbocycles. The quantitative estimate of drug-likeness (QED) is 0.400. The van der Waals surface area contributed by atoms with Gasteiger partial charge in [-0.3, -0.25) is 14.2 Å². The summed E-state index contributed by atoms with van der Waals surface area (Å²) in [5.41, 5.74) is 1.32. The van der Waals surface area contributed by atoms with Gasteiger partial charge in [0.1, 0.15) is 11.6 Å². The van der Waals surface area contributed by atoms with E-state index < -0.39 is 0 Å². The first-order valence-corrected chi connectivity index (χ1v) is 11.3. The Morgan fingerprint density at radius 2 is 1.71 bits per heavy atom. The SMILES string of the molecule is COc1ccccc1Oc1ccc(NC(=O)CCc2nc3ccccc3c(=O)n2C2CC2)cc1. The zero-order valence-corrected chi connectivity index (χ0v) is 18.9. The summed E-state index contributed by atoms with van der Waals surface area (Å²) in [4.78, 5) is 30.3. The van der Waals surface area contributed by atoms with E-state index in [1.165, 1.54) is 0 Å². The molecule has 5 rings (SSSR count). The second-order valence-corrected chi connectivity index (χ2v) is 8.28. The van der Waals surface area contributed by atoms with Crippen LogP contribution in [0.1, 0.15) is 31.1 Å². The van der Waals surface area contributed by atoms with Gasteiger partial charge in [0.2, 0.25) is 5.91 Å². The molecule has 7 heteroatoms. The van der Waals surface area contributed by atoms with Crippen LogP contribution in [0.2, 0.25) is 0 Å². The van der Waals surface area contributed by atoms with E-state index >= 15 is 0 Å². The highest BCUT2D eigenvalue weighted by molar-refractivity contribution is 5.90. The van der Waals surface area contributed by atoms with Gasteiger partial charge in [0.15, 0.2) is 11.5 Å². The number of aromatic nitrogens is 2. The number of hydrogen-bond acceptors (Lipinski definition) is 5. The predicted octanol–water partition coefficient (Wildman–Crippen LogP) is 5.10. The number of nitrogens with zero attached hydrogens (tertiary/aromatic N) is 2. The first-order chi connectivity index (χ1) is 16.6. The van der Waals surface area contributed by atoms with Crippen LogP contribution < -0.4 is 20.3 Å². The molecule has 0 aliphatic heterocycles. The Labute approximate surface area is 197 Å². The first kappa shape index (κ1) is 21.7. The molecule has 1 N–H and O–H groups in total. The zero-order valence-electron chi connectivity index (χ0n) is 18.9. The van der Waals surface area contributed by atoms with Crippen LogP contribution in [0.4, 0.5) is 5.69 Å². The summed E-state index contributed by atoms with van der Waals surface area (Å²) in [6.45, 7) is 0. The zero-order chi connectivity index (χ0) is 23.5. The molecule has 3 aromatic carbocycles. The predicted molar refractivity (Wildman–Crippen MR) is 131 cm³/mol. The largest absolute Gasteiger partial charge is 0.493 e. The molecule has 0 bridgehead atoms. The molecule has 172 valence electrons. The first-order valence-electron chi connectivity index (χ1n) is 11.3. The Morgan fingerprint density at radius 3 is 2.44 bits per heavy atom. The lowest BCUT2D eigenvalue weighted by Gasteiger charge is -2.13. The molecule has 0 radical (unpaired) electrons. The van der Waals surface area contributed by atoms with E-state index in [1.54, 1.807) is 42.0 Å². The van der Waals surface area contributed by atoms with Crippen molar-refractivity contribution in [3.63, 3.8) is 0 Å². The normalized spacial score (nSPS) is 13.0. The van der Waals surface area contributed by atoms with Gasteiger partial charge >= 0.3 is 0 Å². The topological polar surface area (TPSA) is 82.5 Å². The molecule has 0 atom stereocenters. The van der Waals surface area contributed by atoms with Gasteiger partial charge in [0.25, 0.3) is 5.56 Å². The monoisotopic (exact) mass is 455 g/mol. The van der Waals surface area contributed by atoms with Crippen molar-refractivity contribution in [1.82, 2.24) is 9.55 Å². The lowest BCUT2D eigenvalue weighted by Crippen LogP contribution is -2.25. The van der Waals surface area contributed by atoms with Gasteiger partial charge in [-0.15, -0.1) is 0 Å². The molecule has 1 heterocycles. The summed E-state index contributed by atoms with van der Waals surface area (Å²) < 4.78 is 13.0. The number of carbonyl (C=O) groups is 1. The van der Waals surface area contributed by atoms with Crippen LogP contribution in [0.25, 0.3) is 10.9 Å². The number of amides is 1. The second kappa shape index (κ2) is 9.39. The molecule has 0 unspecified atom stereocenters. The smallest absolute Gasteiger partial charge is 0.261 e. The molecule has 0 saturated heterocycles. The maximum absolute atomic E-state index is 13.0. The van der Waals surface area contributed by atoms with E-state index in [-0.39, 0.29) is 23.9 Å². The van der Waals surface area contributed by atoms with Crippen LogP contribution in [0.5, 0.6) is 17.2 Å². The van der Waals surface area contributed by atoms with Gasteiger partial charge in [-0.25, -0.2) is 4.98 Å². The molecule has 1 fully saturated rings. The van der Waals surface area contributed by atoms with Gasteiger partial charge < -0.3 is 14.8 Å². The number of para-hydroxylation sites is 3. The van der Waals surface area contributed by atoms with E-state index in [9.17, 15) is 9.59 Å². The molecule has 34 heavy (non-hydrogen) atoms. The minimum Gasteiger partial charge on any atom is -0.493 e. The average Bonchev–Trinajstić information content (AvgIpc) is 3.69. The van der Waals surface area contributed by atoms with E-state index in [4.69, 9.17) is 14.5 Å². The fourth-order valence-electron chi connectivity index (χ4n) is 3.96. The van der Waals surface area contributed by atoms with E-state index in [1.807, 2.05) is 42.5 Å². The number of nitrogens with one attached hydrogen (secondary N) is 1. The Kier molecular flexibility index (Phi) is 5.99. The third-order valence-electron chi connectivity index (χ3n) is 5.80. The molecular formula is C27H25N3O4. The number of hydrogen-bond donors (Lipinski definition) is 1. The third kappa shape index (κ3) is 4.64. The molecular weight excluding hydrogens is 430 g/mol. The van der Waals surface area contributed by atoms with Crippen LogP contribution >= 0.6 is 0 Å². The number of aryl methyl sites for hydroxylation is 1. The molecule has 1 aliphatic rings. The van der Waals surface area contributed by atoms with E-state index in [2.05, 4.69) is 5.32 Å². The van der Waals surface area contributed by atoms with Crippen molar-refractivity contribution >= 4 is 22.5 Å². The fourth-order valence-corrected chi connectivity index (χ4v) is 3.96. The van der Waals surface area contributed by atoms with Crippen LogP contribution in [-0.4, -0.2) is 22.6 Å². The van der Waals surface area contributed by atoms with Gasteiger partial charge in [-0.1, -0.05) is 24.3 Å². The van der Waals surface area contributed by atoms with E-state index in [0.29, 0.717) is 46.1 Å². The van der Waals surface area contributed by atoms with Gasteiger partial charge in [-0.05, 0) is 61.4 Å². The Morgan fingerprint density at radius 1 is 1.00 bits per heavy atom. The summed E-state index contributed by atoms with van der Waals surface area (Å²) in [5.74, 6) is 2.43. The van der Waals surface area contributed by atoms with Gasteiger partial charge in [-0.2, -0.15) is 0 Å². The van der Waals surface area contributed by atoms with Crippen molar-refractivity contribution in [2.75, 3.05) is 12.4 Å². The lowest BCUT2D eigenvalue weighted by molar-refractivity contribution is -0.116. The third-order valence-corrected chi connectivity index (χ3v) is 5.80. The highest BCUT2D eigenvalue weighted by Crippen LogP contribution is 2.35. The number of ether oxygens (including phenoxy) is 2. The number of methoxy groups -OCH3 is 1. The number of carbonyl (C=O) groups excluding carboxylic acids is 1. The van der Waals surface area contributed by atoms with Crippen molar-refractivity contribution in [3.05, 3.63) is 89.0 Å². The average molecular weight is 456 g/mol. The molecule has 1 aromatic heterocycles. The maximum Gasteiger partial charge on any atom is 0.261 e. The van der Waals surface area contributed by atoms with Crippen molar-refractivity contribution < 1.29 is 14.3 Å². The van der Waals surface area contributed by atoms with Crippen LogP contribution in [0.3, 0.4) is 0 Å². The maximum atomic E-state index is 13.0. The standard InChI is InChI=1S/C27H25N3O4/c1-33-23-8-4-5-9-24(23)34-20-14-10-18(11-15-20)28-26(31)17-16-25-29-22-7-3-2-6-21(22)27(32)30(25)19-12-13-19/h2-11,14-15,19H,12-13,16-17H2,1H3,(H,28,31). The second-order valence-electron chi connectivity index (χ2n) is 8.28. The summed E-state index contributed by atoms with van der Waals surface area (Å²) >= 11 is 0. The Balaban J connectivity index is 1.24. The summed E-state index contributed by atoms with van der Waals surface area (Å²) in [7, 11) is 1.60. The highest BCUT2D eigenvalue weighted by Gasteiger charge is 2.28. The highest BCUT2D eigenvalue weighted by atomic mass is 16.5. The van der Waals surface area contributed by atoms with Crippen molar-refractivity contribution in [1.29, 1.82) is 0 Å². The van der Waals surface area contributed by atoms with Crippen molar-refractivity contribution in [3.8, 4) is 17.2 Å². The van der Waals surface area contributed by atoms with Crippen molar-refractivity contribution in [2.45, 2.75) is 31.7 Å². The Bertz CT molecular complexity index is 1390. The number of fused-ring (bicyclic) bond motifs is 1. The van der Waals surface area contributed by atoms with Gasteiger partial charge in [0, 0.05) is 24.6 Å². The molecule has 0 spiro atoms. The Hall–Kier alpha value is -4.13. The van der Waals surface area contributed by atoms with Crippen LogP contribution in [0, 0.1) is 0 Å². The lowest BCUT2D eigenvalue weighted by atomic mass is 10.2. The van der Waals surface area contributed by atoms with Crippen LogP contribution in [-0.2, 0) is 11.2 Å². The fraction of sp³-hybridized carbons (Fsp3) is 0.222. The van der Waals surface area contributed by atoms with Crippen molar-refractivity contribution in [2.24, 2.45) is 0 Å². The summed E-state index contributed by atoms with van der Waals surface area (Å²) in [5, 5.41) is 3.53. The summed E-state index contributed by atoms with van der Waals surface area (Å²) in [6, 6.07) is 22.1. The number of rotatable bonds is 8. The number of benzene rings is 3. The van der Waals surface area contributed by atoms with Crippen LogP contribution in [0.15, 0.2) is 77.6 Å².